The number of aromatic nitrogens is 1. The van der Waals surface area contributed by atoms with Gasteiger partial charge < -0.3 is 4.74 Å². The van der Waals surface area contributed by atoms with Crippen molar-refractivity contribution in [2.75, 3.05) is 0 Å². The molecule has 1 aromatic carbocycles. The highest BCUT2D eigenvalue weighted by Gasteiger charge is 2.11. The van der Waals surface area contributed by atoms with Crippen LogP contribution in [0, 0.1) is 0 Å². The van der Waals surface area contributed by atoms with Crippen molar-refractivity contribution in [1.29, 1.82) is 0 Å². The number of hydrogen-bond donors (Lipinski definition) is 0. The number of alkyl halides is 1. The lowest BCUT2D eigenvalue weighted by molar-refractivity contribution is 0.479. The highest BCUT2D eigenvalue weighted by atomic mass is 79.9. The van der Waals surface area contributed by atoms with Gasteiger partial charge in [0.15, 0.2) is 0 Å². The maximum atomic E-state index is 6.02. The molecule has 0 aliphatic heterocycles. The number of rotatable bonds is 3. The Balaban J connectivity index is 2.25. The van der Waals surface area contributed by atoms with Gasteiger partial charge in [0.25, 0.3) is 5.19 Å². The van der Waals surface area contributed by atoms with Gasteiger partial charge in [0.1, 0.15) is 10.9 Å². The molecule has 0 fully saturated rings. The van der Waals surface area contributed by atoms with Crippen molar-refractivity contribution >= 4 is 62.1 Å². The normalized spacial score (nSPS) is 10.6. The van der Waals surface area contributed by atoms with Crippen LogP contribution in [0.4, 0.5) is 0 Å². The van der Waals surface area contributed by atoms with Gasteiger partial charge in [0.05, 0.1) is 15.8 Å². The third kappa shape index (κ3) is 3.26. The van der Waals surface area contributed by atoms with Gasteiger partial charge in [-0.05, 0) is 18.2 Å². The zero-order valence-electron chi connectivity index (χ0n) is 8.21. The van der Waals surface area contributed by atoms with Crippen molar-refractivity contribution in [3.8, 4) is 10.9 Å². The smallest absolute Gasteiger partial charge is 0.280 e. The lowest BCUT2D eigenvalue weighted by Gasteiger charge is -2.03. The van der Waals surface area contributed by atoms with E-state index < -0.39 is 0 Å². The third-order valence-corrected chi connectivity index (χ3v) is 4.41. The quantitative estimate of drug-likeness (QED) is 0.640. The Morgan fingerprint density at radius 2 is 2.12 bits per heavy atom. The van der Waals surface area contributed by atoms with Crippen molar-refractivity contribution in [2.45, 2.75) is 5.88 Å². The van der Waals surface area contributed by atoms with Crippen LogP contribution in [-0.4, -0.2) is 4.98 Å². The molecule has 1 heterocycles. The minimum absolute atomic E-state index is 0.313. The summed E-state index contributed by atoms with van der Waals surface area (Å²) in [7, 11) is 0. The second-order valence-electron chi connectivity index (χ2n) is 3.00. The Kier molecular flexibility index (Phi) is 4.55. The molecule has 17 heavy (non-hydrogen) atoms. The predicted molar refractivity (Wildman–Crippen MR) is 75.9 cm³/mol. The Morgan fingerprint density at radius 3 is 2.71 bits per heavy atom. The molecular weight excluding hydrogens is 368 g/mol. The fourth-order valence-corrected chi connectivity index (χ4v) is 3.13. The second-order valence-corrected chi connectivity index (χ2v) is 6.00. The lowest BCUT2D eigenvalue weighted by atomic mass is 10.3. The van der Waals surface area contributed by atoms with Crippen LogP contribution in [0.5, 0.6) is 10.9 Å². The Hall–Kier alpha value is -0.000000000000000111. The summed E-state index contributed by atoms with van der Waals surface area (Å²) in [6, 6.07) is 5.33. The molecule has 0 aliphatic carbocycles. The summed E-state index contributed by atoms with van der Waals surface area (Å²) in [5, 5.41) is 1.29. The molecule has 0 aliphatic rings. The Bertz CT molecular complexity index is 546. The molecule has 0 saturated heterocycles. The number of ether oxygens (including phenoxy) is 1. The summed E-state index contributed by atoms with van der Waals surface area (Å²) >= 11 is 22.2. The van der Waals surface area contributed by atoms with Crippen LogP contribution in [0.25, 0.3) is 0 Å². The first-order chi connectivity index (χ1) is 8.10. The first kappa shape index (κ1) is 13.4. The molecular formula is C10H5BrCl3NOS. The molecule has 0 unspecified atom stereocenters. The fraction of sp³-hybridized carbons (Fsp3) is 0.100. The van der Waals surface area contributed by atoms with Crippen molar-refractivity contribution in [1.82, 2.24) is 4.98 Å². The van der Waals surface area contributed by atoms with Crippen LogP contribution in [0.3, 0.4) is 0 Å². The zero-order chi connectivity index (χ0) is 12.4. The molecule has 0 saturated carbocycles. The monoisotopic (exact) mass is 371 g/mol. The van der Waals surface area contributed by atoms with Crippen LogP contribution >= 0.6 is 62.1 Å². The highest BCUT2D eigenvalue weighted by molar-refractivity contribution is 9.10. The maximum Gasteiger partial charge on any atom is 0.280 e. The van der Waals surface area contributed by atoms with Crippen LogP contribution < -0.4 is 4.74 Å². The minimum Gasteiger partial charge on any atom is -0.429 e. The van der Waals surface area contributed by atoms with E-state index in [0.717, 1.165) is 9.35 Å². The number of halogens is 4. The largest absolute Gasteiger partial charge is 0.429 e. The highest BCUT2D eigenvalue weighted by Crippen LogP contribution is 2.36. The molecule has 0 bridgehead atoms. The summed E-state index contributed by atoms with van der Waals surface area (Å²) in [4.78, 5) is 4.82. The van der Waals surface area contributed by atoms with Crippen molar-refractivity contribution in [3.05, 3.63) is 37.7 Å². The molecule has 1 aromatic heterocycles. The van der Waals surface area contributed by atoms with E-state index in [1.807, 2.05) is 6.07 Å². The van der Waals surface area contributed by atoms with Gasteiger partial charge >= 0.3 is 0 Å². The fourth-order valence-electron chi connectivity index (χ4n) is 1.09. The van der Waals surface area contributed by atoms with E-state index in [2.05, 4.69) is 20.9 Å². The molecule has 2 rings (SSSR count). The average Bonchev–Trinajstić information content (AvgIpc) is 2.63. The van der Waals surface area contributed by atoms with Gasteiger partial charge in [0.2, 0.25) is 0 Å². The van der Waals surface area contributed by atoms with E-state index in [-0.39, 0.29) is 0 Å². The summed E-state index contributed by atoms with van der Waals surface area (Å²) in [5.74, 6) is 0.843. The first-order valence-electron chi connectivity index (χ1n) is 4.44. The molecule has 2 nitrogen and oxygen atoms in total. The van der Waals surface area contributed by atoms with Gasteiger partial charge in [-0.1, -0.05) is 50.5 Å². The summed E-state index contributed by atoms with van der Waals surface area (Å²) in [5.41, 5.74) is 0. The molecule has 2 aromatic rings. The van der Waals surface area contributed by atoms with E-state index in [1.165, 1.54) is 11.3 Å². The summed E-state index contributed by atoms with van der Waals surface area (Å²) in [6.45, 7) is 0. The first-order valence-corrected chi connectivity index (χ1v) is 7.34. The number of benzene rings is 1. The summed E-state index contributed by atoms with van der Waals surface area (Å²) < 4.78 is 6.42. The maximum absolute atomic E-state index is 6.02. The van der Waals surface area contributed by atoms with E-state index in [0.29, 0.717) is 27.0 Å². The molecule has 0 radical (unpaired) electrons. The molecule has 7 heteroatoms. The minimum atomic E-state index is 0.313. The number of thiazole rings is 1. The predicted octanol–water partition coefficient (Wildman–Crippen LogP) is 5.74. The molecule has 0 atom stereocenters. The van der Waals surface area contributed by atoms with Crippen LogP contribution in [0.2, 0.25) is 10.2 Å². The van der Waals surface area contributed by atoms with Gasteiger partial charge in [-0.15, -0.1) is 11.6 Å². The Morgan fingerprint density at radius 1 is 1.35 bits per heavy atom. The van der Waals surface area contributed by atoms with E-state index in [9.17, 15) is 0 Å². The number of nitrogens with zero attached hydrogens (tertiary/aromatic N) is 1. The molecule has 0 N–H and O–H groups in total. The van der Waals surface area contributed by atoms with Crippen LogP contribution in [0.15, 0.2) is 22.7 Å². The van der Waals surface area contributed by atoms with Crippen molar-refractivity contribution in [2.24, 2.45) is 0 Å². The van der Waals surface area contributed by atoms with E-state index in [4.69, 9.17) is 39.5 Å². The van der Waals surface area contributed by atoms with E-state index >= 15 is 0 Å². The van der Waals surface area contributed by atoms with Gasteiger partial charge in [-0.2, -0.15) is 4.98 Å². The molecule has 90 valence electrons. The average molecular weight is 373 g/mol. The molecule has 0 amide bonds. The third-order valence-electron chi connectivity index (χ3n) is 1.84. The zero-order valence-corrected chi connectivity index (χ0v) is 12.9. The van der Waals surface area contributed by atoms with Gasteiger partial charge in [-0.3, -0.25) is 0 Å². The standard InChI is InChI=1S/C10H5BrCl3NOS/c11-5-1-2-7(6(13)3-5)16-10-15-9(14)8(4-12)17-10/h1-3H,4H2. The number of hydrogen-bond acceptors (Lipinski definition) is 3. The second kappa shape index (κ2) is 5.76. The Labute approximate surface area is 126 Å². The van der Waals surface area contributed by atoms with Crippen molar-refractivity contribution in [3.63, 3.8) is 0 Å². The van der Waals surface area contributed by atoms with Gasteiger partial charge in [0, 0.05) is 4.47 Å². The summed E-state index contributed by atoms with van der Waals surface area (Å²) in [6.07, 6.45) is 0. The van der Waals surface area contributed by atoms with Crippen LogP contribution in [-0.2, 0) is 5.88 Å². The van der Waals surface area contributed by atoms with Crippen LogP contribution in [0.1, 0.15) is 4.88 Å². The van der Waals surface area contributed by atoms with E-state index in [1.54, 1.807) is 12.1 Å². The molecule has 0 spiro atoms. The lowest BCUT2D eigenvalue weighted by Crippen LogP contribution is -1.83. The van der Waals surface area contributed by atoms with Gasteiger partial charge in [-0.25, -0.2) is 0 Å². The topological polar surface area (TPSA) is 22.1 Å². The van der Waals surface area contributed by atoms with Crippen molar-refractivity contribution < 1.29 is 4.74 Å². The SMILES string of the molecule is ClCc1sc(Oc2ccc(Br)cc2Cl)nc1Cl.